The molecule has 0 radical (unpaired) electrons. The van der Waals surface area contributed by atoms with Gasteiger partial charge < -0.3 is 20.4 Å². The number of carbonyl (C=O) groups excluding carboxylic acids is 1. The van der Waals surface area contributed by atoms with Gasteiger partial charge in [-0.15, -0.1) is 0 Å². The first-order chi connectivity index (χ1) is 6.45. The van der Waals surface area contributed by atoms with Gasteiger partial charge in [0.1, 0.15) is 18.3 Å². The molecule has 0 saturated carbocycles. The molecule has 0 heterocycles. The minimum atomic E-state index is -2.61. The van der Waals surface area contributed by atoms with Crippen LogP contribution in [0.1, 0.15) is 0 Å². The number of hydrogen-bond acceptors (Lipinski definition) is 5. The zero-order valence-electron chi connectivity index (χ0n) is 7.18. The van der Waals surface area contributed by atoms with Gasteiger partial charge in [-0.3, -0.25) is 4.79 Å². The highest BCUT2D eigenvalue weighted by Crippen LogP contribution is 2.09. The monoisotopic (exact) mass is 214 g/mol. The van der Waals surface area contributed by atoms with Crippen molar-refractivity contribution in [1.82, 2.24) is 0 Å². The number of alkyl halides is 2. The van der Waals surface area contributed by atoms with Crippen LogP contribution in [0.3, 0.4) is 0 Å². The van der Waals surface area contributed by atoms with Crippen LogP contribution in [0, 0.1) is 0 Å². The molecule has 5 nitrogen and oxygen atoms in total. The molecule has 84 valence electrons. The lowest BCUT2D eigenvalue weighted by Gasteiger charge is -2.22. The SMILES string of the molecule is O=C(CF)[C@@H](F)[C@@H](O)[C@H](O)[C@H](O)CO. The average molecular weight is 214 g/mol. The van der Waals surface area contributed by atoms with Gasteiger partial charge in [0.25, 0.3) is 0 Å². The maximum Gasteiger partial charge on any atom is 0.200 e. The number of aliphatic hydroxyl groups is 4. The fourth-order valence-corrected chi connectivity index (χ4v) is 0.773. The molecule has 0 aromatic heterocycles. The highest BCUT2D eigenvalue weighted by molar-refractivity contribution is 5.84. The predicted octanol–water partition coefficient (Wildman–Crippen LogP) is -2.06. The van der Waals surface area contributed by atoms with Crippen LogP contribution in [0.25, 0.3) is 0 Å². The van der Waals surface area contributed by atoms with Crippen LogP contribution in [0.15, 0.2) is 0 Å². The van der Waals surface area contributed by atoms with Crippen molar-refractivity contribution in [2.75, 3.05) is 13.3 Å². The lowest BCUT2D eigenvalue weighted by molar-refractivity contribution is -0.138. The van der Waals surface area contributed by atoms with Gasteiger partial charge in [0.15, 0.2) is 12.8 Å². The lowest BCUT2D eigenvalue weighted by atomic mass is 10.0. The molecule has 14 heavy (non-hydrogen) atoms. The minimum Gasteiger partial charge on any atom is -0.394 e. The number of rotatable bonds is 6. The van der Waals surface area contributed by atoms with Gasteiger partial charge in [0, 0.05) is 0 Å². The molecule has 0 bridgehead atoms. The normalized spacial score (nSPS) is 19.9. The van der Waals surface area contributed by atoms with Gasteiger partial charge in [-0.05, 0) is 0 Å². The van der Waals surface area contributed by atoms with Crippen LogP contribution in [0.2, 0.25) is 0 Å². The van der Waals surface area contributed by atoms with E-state index < -0.39 is 43.5 Å². The Morgan fingerprint density at radius 3 is 2.07 bits per heavy atom. The van der Waals surface area contributed by atoms with Crippen molar-refractivity contribution in [1.29, 1.82) is 0 Å². The molecule has 0 unspecified atom stereocenters. The van der Waals surface area contributed by atoms with E-state index in [0.29, 0.717) is 0 Å². The number of aliphatic hydroxyl groups excluding tert-OH is 4. The summed E-state index contributed by atoms with van der Waals surface area (Å²) in [7, 11) is 0. The van der Waals surface area contributed by atoms with Gasteiger partial charge >= 0.3 is 0 Å². The summed E-state index contributed by atoms with van der Waals surface area (Å²) in [5.41, 5.74) is 0. The van der Waals surface area contributed by atoms with Gasteiger partial charge in [-0.2, -0.15) is 0 Å². The fraction of sp³-hybridized carbons (Fsp3) is 0.857. The summed E-state index contributed by atoms with van der Waals surface area (Å²) < 4.78 is 24.4. The summed E-state index contributed by atoms with van der Waals surface area (Å²) in [4.78, 5) is 10.4. The van der Waals surface area contributed by atoms with E-state index in [1.54, 1.807) is 0 Å². The molecule has 0 aliphatic heterocycles. The van der Waals surface area contributed by atoms with Crippen LogP contribution >= 0.6 is 0 Å². The van der Waals surface area contributed by atoms with E-state index in [-0.39, 0.29) is 0 Å². The highest BCUT2D eigenvalue weighted by atomic mass is 19.1. The summed E-state index contributed by atoms with van der Waals surface area (Å²) >= 11 is 0. The Labute approximate surface area is 78.6 Å². The van der Waals surface area contributed by atoms with Crippen molar-refractivity contribution in [3.05, 3.63) is 0 Å². The van der Waals surface area contributed by atoms with Crippen molar-refractivity contribution >= 4 is 5.78 Å². The number of ketones is 1. The molecule has 4 atom stereocenters. The molecular weight excluding hydrogens is 202 g/mol. The third-order valence-electron chi connectivity index (χ3n) is 1.67. The molecule has 0 saturated heterocycles. The van der Waals surface area contributed by atoms with Crippen LogP contribution in [-0.2, 0) is 4.79 Å². The first kappa shape index (κ1) is 13.4. The van der Waals surface area contributed by atoms with Crippen molar-refractivity contribution in [2.24, 2.45) is 0 Å². The molecule has 0 aromatic rings. The van der Waals surface area contributed by atoms with E-state index >= 15 is 0 Å². The Kier molecular flexibility index (Phi) is 5.70. The van der Waals surface area contributed by atoms with E-state index in [1.165, 1.54) is 0 Å². The fourth-order valence-electron chi connectivity index (χ4n) is 0.773. The molecule has 0 aliphatic rings. The topological polar surface area (TPSA) is 98.0 Å². The number of carbonyl (C=O) groups is 1. The molecule has 0 aliphatic carbocycles. The molecule has 0 amide bonds. The Morgan fingerprint density at radius 2 is 1.71 bits per heavy atom. The largest absolute Gasteiger partial charge is 0.394 e. The molecule has 7 heteroatoms. The van der Waals surface area contributed by atoms with E-state index in [2.05, 4.69) is 0 Å². The molecule has 0 fully saturated rings. The van der Waals surface area contributed by atoms with Crippen LogP contribution in [0.4, 0.5) is 8.78 Å². The Balaban J connectivity index is 4.30. The summed E-state index contributed by atoms with van der Waals surface area (Å²) in [6, 6.07) is 0. The van der Waals surface area contributed by atoms with E-state index in [1.807, 2.05) is 0 Å². The van der Waals surface area contributed by atoms with E-state index in [4.69, 9.17) is 20.4 Å². The molecule has 0 rings (SSSR count). The lowest BCUT2D eigenvalue weighted by Crippen LogP contribution is -2.47. The molecule has 0 spiro atoms. The standard InChI is InChI=1S/C7H12F2O5/c8-1-3(11)5(9)7(14)6(13)4(12)2-10/h4-7,10,12-14H,1-2H2/t4-,5-,6-,7-/m1/s1. The van der Waals surface area contributed by atoms with E-state index in [0.717, 1.165) is 0 Å². The number of hydrogen-bond donors (Lipinski definition) is 4. The smallest absolute Gasteiger partial charge is 0.200 e. The van der Waals surface area contributed by atoms with Gasteiger partial charge in [-0.25, -0.2) is 8.78 Å². The van der Waals surface area contributed by atoms with Crippen molar-refractivity contribution in [3.63, 3.8) is 0 Å². The summed E-state index contributed by atoms with van der Waals surface area (Å²) in [5.74, 6) is -1.53. The second-order valence-corrected chi connectivity index (χ2v) is 2.73. The number of halogens is 2. The Hall–Kier alpha value is -0.630. The Morgan fingerprint density at radius 1 is 1.21 bits per heavy atom. The van der Waals surface area contributed by atoms with Gasteiger partial charge in [0.2, 0.25) is 5.78 Å². The van der Waals surface area contributed by atoms with Crippen LogP contribution in [-0.4, -0.2) is 64.0 Å². The molecule has 0 aromatic carbocycles. The first-order valence-corrected chi connectivity index (χ1v) is 3.83. The van der Waals surface area contributed by atoms with Crippen molar-refractivity contribution < 1.29 is 34.0 Å². The average Bonchev–Trinajstić information content (AvgIpc) is 2.23. The third-order valence-corrected chi connectivity index (χ3v) is 1.67. The van der Waals surface area contributed by atoms with E-state index in [9.17, 15) is 13.6 Å². The third kappa shape index (κ3) is 3.26. The summed E-state index contributed by atoms with van der Waals surface area (Å²) in [6.07, 6.45) is -8.68. The minimum absolute atomic E-state index is 0.908. The summed E-state index contributed by atoms with van der Waals surface area (Å²) in [6.45, 7) is -2.52. The van der Waals surface area contributed by atoms with Gasteiger partial charge in [-0.1, -0.05) is 0 Å². The maximum absolute atomic E-state index is 12.7. The van der Waals surface area contributed by atoms with Crippen LogP contribution < -0.4 is 0 Å². The predicted molar refractivity (Wildman–Crippen MR) is 41.0 cm³/mol. The zero-order chi connectivity index (χ0) is 11.3. The quantitative estimate of drug-likeness (QED) is 0.407. The number of Topliss-reactive ketones (excluding diaryl/α,β-unsaturated/α-hetero) is 1. The zero-order valence-corrected chi connectivity index (χ0v) is 7.18. The molecule has 4 N–H and O–H groups in total. The maximum atomic E-state index is 12.7. The van der Waals surface area contributed by atoms with Crippen molar-refractivity contribution in [2.45, 2.75) is 24.5 Å². The second-order valence-electron chi connectivity index (χ2n) is 2.73. The Bertz CT molecular complexity index is 189. The second kappa shape index (κ2) is 5.97. The molecular formula is C7H12F2O5. The summed E-state index contributed by atoms with van der Waals surface area (Å²) in [5, 5.41) is 34.9. The van der Waals surface area contributed by atoms with Crippen molar-refractivity contribution in [3.8, 4) is 0 Å². The first-order valence-electron chi connectivity index (χ1n) is 3.83. The van der Waals surface area contributed by atoms with Crippen LogP contribution in [0.5, 0.6) is 0 Å². The van der Waals surface area contributed by atoms with Gasteiger partial charge in [0.05, 0.1) is 6.61 Å². The highest BCUT2D eigenvalue weighted by Gasteiger charge is 2.35.